The van der Waals surface area contributed by atoms with Gasteiger partial charge in [0.25, 0.3) is 10.0 Å². The van der Waals surface area contributed by atoms with E-state index in [0.717, 1.165) is 40.5 Å². The molecule has 0 amide bonds. The number of nitrogens with one attached hydrogen (secondary N) is 1. The molecular weight excluding hydrogens is 379 g/mol. The van der Waals surface area contributed by atoms with Crippen molar-refractivity contribution in [1.29, 1.82) is 0 Å². The first-order chi connectivity index (χ1) is 13.5. The molecule has 4 rings (SSSR count). The molecule has 2 aromatic carbocycles. The third-order valence-corrected chi connectivity index (χ3v) is 6.78. The standard InChI is InChI=1S/C21H21FN2O3S/c1-23-12-14-13-24(28(25,26)16-6-3-5-15(22)11-16)21-17(14)9-10-18-19(21)7-4-8-20(18)27-2/h3-8,11,13,23H,9-10,12H2,1-2H3. The Bertz CT molecular complexity index is 1150. The Morgan fingerprint density at radius 3 is 2.61 bits per heavy atom. The van der Waals surface area contributed by atoms with Crippen molar-refractivity contribution >= 4 is 10.0 Å². The van der Waals surface area contributed by atoms with Crippen molar-refractivity contribution in [2.24, 2.45) is 0 Å². The van der Waals surface area contributed by atoms with Crippen molar-refractivity contribution in [2.75, 3.05) is 14.2 Å². The molecule has 0 saturated carbocycles. The first-order valence-corrected chi connectivity index (χ1v) is 10.5. The van der Waals surface area contributed by atoms with Crippen LogP contribution in [0.3, 0.4) is 0 Å². The highest BCUT2D eigenvalue weighted by Crippen LogP contribution is 2.41. The van der Waals surface area contributed by atoms with Gasteiger partial charge >= 0.3 is 0 Å². The van der Waals surface area contributed by atoms with Gasteiger partial charge in [0.1, 0.15) is 11.6 Å². The van der Waals surface area contributed by atoms with Gasteiger partial charge in [0, 0.05) is 23.9 Å². The maximum atomic E-state index is 13.7. The number of benzene rings is 2. The van der Waals surface area contributed by atoms with Crippen molar-refractivity contribution in [2.45, 2.75) is 24.3 Å². The van der Waals surface area contributed by atoms with Gasteiger partial charge in [0.2, 0.25) is 0 Å². The Balaban J connectivity index is 2.00. The molecule has 1 aliphatic rings. The summed E-state index contributed by atoms with van der Waals surface area (Å²) in [6, 6.07) is 10.8. The highest BCUT2D eigenvalue weighted by atomic mass is 32.2. The molecule has 5 nitrogen and oxygen atoms in total. The number of aromatic nitrogens is 1. The molecule has 7 heteroatoms. The Morgan fingerprint density at radius 2 is 1.89 bits per heavy atom. The van der Waals surface area contributed by atoms with Gasteiger partial charge in [-0.05, 0) is 55.3 Å². The van der Waals surface area contributed by atoms with E-state index in [9.17, 15) is 12.8 Å². The SMILES string of the molecule is CNCc1cn(S(=O)(=O)c2cccc(F)c2)c2c1CCc1c(OC)cccc1-2. The topological polar surface area (TPSA) is 60.3 Å². The van der Waals surface area contributed by atoms with Gasteiger partial charge in [-0.1, -0.05) is 18.2 Å². The molecule has 0 radical (unpaired) electrons. The zero-order valence-electron chi connectivity index (χ0n) is 15.7. The van der Waals surface area contributed by atoms with E-state index in [2.05, 4.69) is 5.32 Å². The molecule has 1 heterocycles. The zero-order valence-corrected chi connectivity index (χ0v) is 16.5. The van der Waals surface area contributed by atoms with E-state index >= 15 is 0 Å². The van der Waals surface area contributed by atoms with E-state index in [4.69, 9.17) is 4.74 Å². The second-order valence-corrected chi connectivity index (χ2v) is 8.57. The summed E-state index contributed by atoms with van der Waals surface area (Å²) < 4.78 is 47.3. The summed E-state index contributed by atoms with van der Waals surface area (Å²) in [5.74, 6) is 0.161. The average Bonchev–Trinajstić information content (AvgIpc) is 3.07. The van der Waals surface area contributed by atoms with E-state index in [1.165, 1.54) is 22.2 Å². The third-order valence-electron chi connectivity index (χ3n) is 5.12. The van der Waals surface area contributed by atoms with Crippen LogP contribution in [0, 0.1) is 5.82 Å². The number of methoxy groups -OCH3 is 1. The molecule has 0 fully saturated rings. The van der Waals surface area contributed by atoms with Gasteiger partial charge in [0.05, 0.1) is 17.7 Å². The molecule has 1 aromatic heterocycles. The van der Waals surface area contributed by atoms with Crippen LogP contribution in [0.2, 0.25) is 0 Å². The van der Waals surface area contributed by atoms with E-state index in [-0.39, 0.29) is 4.90 Å². The van der Waals surface area contributed by atoms with E-state index in [0.29, 0.717) is 18.7 Å². The fourth-order valence-corrected chi connectivity index (χ4v) is 5.34. The van der Waals surface area contributed by atoms with Crippen molar-refractivity contribution in [3.8, 4) is 17.0 Å². The fraction of sp³-hybridized carbons (Fsp3) is 0.238. The predicted molar refractivity (Wildman–Crippen MR) is 106 cm³/mol. The van der Waals surface area contributed by atoms with Crippen molar-refractivity contribution in [3.63, 3.8) is 0 Å². The second-order valence-electron chi connectivity index (χ2n) is 6.76. The summed E-state index contributed by atoms with van der Waals surface area (Å²) in [7, 11) is -0.519. The quantitative estimate of drug-likeness (QED) is 0.714. The highest BCUT2D eigenvalue weighted by Gasteiger charge is 2.30. The molecule has 1 aliphatic carbocycles. The zero-order chi connectivity index (χ0) is 19.9. The molecule has 0 bridgehead atoms. The maximum absolute atomic E-state index is 13.7. The van der Waals surface area contributed by atoms with Gasteiger partial charge in [-0.2, -0.15) is 0 Å². The number of halogens is 1. The predicted octanol–water partition coefficient (Wildman–Crippen LogP) is 3.36. The normalized spacial score (nSPS) is 13.1. The number of nitrogens with zero attached hydrogens (tertiary/aromatic N) is 1. The van der Waals surface area contributed by atoms with Crippen molar-refractivity contribution in [3.05, 3.63) is 71.2 Å². The number of ether oxygens (including phenoxy) is 1. The van der Waals surface area contributed by atoms with Crippen LogP contribution in [0.15, 0.2) is 53.6 Å². The van der Waals surface area contributed by atoms with Crippen LogP contribution in [0.25, 0.3) is 11.3 Å². The number of rotatable bonds is 5. The lowest BCUT2D eigenvalue weighted by molar-refractivity contribution is 0.409. The molecule has 146 valence electrons. The molecule has 0 spiro atoms. The lowest BCUT2D eigenvalue weighted by Crippen LogP contribution is -2.16. The van der Waals surface area contributed by atoms with Gasteiger partial charge in [-0.3, -0.25) is 0 Å². The summed E-state index contributed by atoms with van der Waals surface area (Å²) in [5, 5.41) is 3.10. The summed E-state index contributed by atoms with van der Waals surface area (Å²) in [6.07, 6.45) is 3.13. The van der Waals surface area contributed by atoms with Crippen LogP contribution in [-0.4, -0.2) is 26.5 Å². The van der Waals surface area contributed by atoms with E-state index in [1.54, 1.807) is 13.3 Å². The minimum atomic E-state index is -3.95. The van der Waals surface area contributed by atoms with Crippen LogP contribution in [-0.2, 0) is 29.4 Å². The number of fused-ring (bicyclic) bond motifs is 3. The van der Waals surface area contributed by atoms with E-state index < -0.39 is 15.8 Å². The van der Waals surface area contributed by atoms with Crippen LogP contribution < -0.4 is 10.1 Å². The summed E-state index contributed by atoms with van der Waals surface area (Å²) >= 11 is 0. The van der Waals surface area contributed by atoms with Crippen molar-refractivity contribution < 1.29 is 17.5 Å². The molecular formula is C21H21FN2O3S. The van der Waals surface area contributed by atoms with Gasteiger partial charge in [-0.25, -0.2) is 16.8 Å². The first-order valence-electron chi connectivity index (χ1n) is 9.02. The molecule has 0 unspecified atom stereocenters. The Morgan fingerprint density at radius 1 is 1.14 bits per heavy atom. The minimum absolute atomic E-state index is 0.0728. The molecule has 0 atom stereocenters. The monoisotopic (exact) mass is 400 g/mol. The minimum Gasteiger partial charge on any atom is -0.496 e. The maximum Gasteiger partial charge on any atom is 0.268 e. The van der Waals surface area contributed by atoms with Gasteiger partial charge in [0.15, 0.2) is 0 Å². The van der Waals surface area contributed by atoms with E-state index in [1.807, 2.05) is 25.2 Å². The average molecular weight is 400 g/mol. The fourth-order valence-electron chi connectivity index (χ4n) is 3.89. The number of hydrogen-bond acceptors (Lipinski definition) is 4. The van der Waals surface area contributed by atoms with Gasteiger partial charge < -0.3 is 10.1 Å². The van der Waals surface area contributed by atoms with Crippen LogP contribution >= 0.6 is 0 Å². The van der Waals surface area contributed by atoms with Gasteiger partial charge in [-0.15, -0.1) is 0 Å². The number of hydrogen-bond donors (Lipinski definition) is 1. The smallest absolute Gasteiger partial charge is 0.268 e. The lowest BCUT2D eigenvalue weighted by atomic mass is 9.88. The van der Waals surface area contributed by atoms with Crippen LogP contribution in [0.5, 0.6) is 5.75 Å². The Kier molecular flexibility index (Phi) is 4.72. The van der Waals surface area contributed by atoms with Crippen molar-refractivity contribution in [1.82, 2.24) is 9.29 Å². The summed E-state index contributed by atoms with van der Waals surface area (Å²) in [5.41, 5.74) is 4.38. The lowest BCUT2D eigenvalue weighted by Gasteiger charge is -2.22. The highest BCUT2D eigenvalue weighted by molar-refractivity contribution is 7.90. The third kappa shape index (κ3) is 2.91. The largest absolute Gasteiger partial charge is 0.496 e. The molecule has 0 saturated heterocycles. The Labute approximate surface area is 163 Å². The Hall–Kier alpha value is -2.64. The summed E-state index contributed by atoms with van der Waals surface area (Å²) in [4.78, 5) is -0.0728. The molecule has 0 aliphatic heterocycles. The molecule has 28 heavy (non-hydrogen) atoms. The summed E-state index contributed by atoms with van der Waals surface area (Å²) in [6.45, 7) is 0.549. The molecule has 1 N–H and O–H groups in total. The van der Waals surface area contributed by atoms with Crippen LogP contribution in [0.4, 0.5) is 4.39 Å². The first kappa shape index (κ1) is 18.7. The van der Waals surface area contributed by atoms with Crippen LogP contribution in [0.1, 0.15) is 16.7 Å². The molecule has 3 aromatic rings. The second kappa shape index (κ2) is 7.07.